The molecule has 0 spiro atoms. The lowest BCUT2D eigenvalue weighted by Gasteiger charge is -2.17. The van der Waals surface area contributed by atoms with Gasteiger partial charge >= 0.3 is 7.60 Å². The van der Waals surface area contributed by atoms with Gasteiger partial charge in [0, 0.05) is 20.8 Å². The van der Waals surface area contributed by atoms with Crippen molar-refractivity contribution in [2.24, 2.45) is 0 Å². The van der Waals surface area contributed by atoms with Crippen molar-refractivity contribution in [1.29, 1.82) is 0 Å². The van der Waals surface area contributed by atoms with E-state index in [1.54, 1.807) is 0 Å². The van der Waals surface area contributed by atoms with Crippen LogP contribution in [0.25, 0.3) is 0 Å². The Balaban J connectivity index is 3.81. The van der Waals surface area contributed by atoms with E-state index in [2.05, 4.69) is 4.90 Å². The number of nitrogens with zero attached hydrogens (tertiary/aromatic N) is 1. The summed E-state index contributed by atoms with van der Waals surface area (Å²) in [5, 5.41) is 0. The molecule has 0 aromatic heterocycles. The van der Waals surface area contributed by atoms with Crippen molar-refractivity contribution < 1.29 is 13.6 Å². The average Bonchev–Trinajstić information content (AvgIpc) is 2.13. The molecule has 4 nitrogen and oxygen atoms in total. The van der Waals surface area contributed by atoms with Crippen LogP contribution >= 0.6 is 7.60 Å². The summed E-state index contributed by atoms with van der Waals surface area (Å²) in [6.07, 6.45) is 0.449. The van der Waals surface area contributed by atoms with Gasteiger partial charge in [0.1, 0.15) is 0 Å². The zero-order valence-electron chi connectivity index (χ0n) is 8.24. The van der Waals surface area contributed by atoms with E-state index >= 15 is 0 Å². The molecule has 0 aromatic rings. The zero-order chi connectivity index (χ0) is 9.61. The third kappa shape index (κ3) is 4.21. The maximum absolute atomic E-state index is 11.5. The van der Waals surface area contributed by atoms with E-state index in [0.717, 1.165) is 13.1 Å². The van der Waals surface area contributed by atoms with Crippen molar-refractivity contribution in [1.82, 2.24) is 4.90 Å². The van der Waals surface area contributed by atoms with E-state index in [0.29, 0.717) is 6.16 Å². The molecule has 0 amide bonds. The minimum atomic E-state index is -2.79. The summed E-state index contributed by atoms with van der Waals surface area (Å²) in [6.45, 7) is 3.72. The fraction of sp³-hybridized carbons (Fsp3) is 1.00. The summed E-state index contributed by atoms with van der Waals surface area (Å²) < 4.78 is 21.1. The Labute approximate surface area is 74.4 Å². The van der Waals surface area contributed by atoms with E-state index < -0.39 is 7.60 Å². The SMILES string of the molecule is CCN(C)CCP(=O)(OC)OC. The molecule has 0 heterocycles. The molecule has 12 heavy (non-hydrogen) atoms. The van der Waals surface area contributed by atoms with Gasteiger partial charge in [0.25, 0.3) is 0 Å². The molecule has 0 saturated carbocycles. The van der Waals surface area contributed by atoms with Crippen LogP contribution in [0.4, 0.5) is 0 Å². The summed E-state index contributed by atoms with van der Waals surface area (Å²) in [4.78, 5) is 2.06. The first-order valence-electron chi connectivity index (χ1n) is 3.97. The molecular weight excluding hydrogens is 177 g/mol. The molecule has 5 heteroatoms. The molecule has 0 atom stereocenters. The first kappa shape index (κ1) is 12.1. The highest BCUT2D eigenvalue weighted by molar-refractivity contribution is 7.53. The summed E-state index contributed by atoms with van der Waals surface area (Å²) in [7, 11) is 2.00. The van der Waals surface area contributed by atoms with E-state index in [9.17, 15) is 4.57 Å². The van der Waals surface area contributed by atoms with Crippen LogP contribution in [0.3, 0.4) is 0 Å². The van der Waals surface area contributed by atoms with Gasteiger partial charge in [-0.15, -0.1) is 0 Å². The Morgan fingerprint density at radius 3 is 2.17 bits per heavy atom. The Hall–Kier alpha value is 0.110. The molecule has 74 valence electrons. The number of hydrogen-bond acceptors (Lipinski definition) is 4. The van der Waals surface area contributed by atoms with Crippen molar-refractivity contribution in [2.45, 2.75) is 6.92 Å². The Bertz CT molecular complexity index is 155. The highest BCUT2D eigenvalue weighted by Gasteiger charge is 2.20. The molecule has 0 aliphatic carbocycles. The molecule has 0 fully saturated rings. The second kappa shape index (κ2) is 5.70. The molecule has 0 aliphatic heterocycles. The standard InChI is InChI=1S/C7H18NO3P/c1-5-8(2)6-7-12(9,10-3)11-4/h5-7H2,1-4H3. The molecule has 0 aliphatic rings. The minimum absolute atomic E-state index is 0.449. The first-order chi connectivity index (χ1) is 5.58. The second-order valence-electron chi connectivity index (χ2n) is 2.60. The van der Waals surface area contributed by atoms with Gasteiger partial charge in [-0.05, 0) is 13.6 Å². The van der Waals surface area contributed by atoms with Crippen LogP contribution in [0.5, 0.6) is 0 Å². The predicted octanol–water partition coefficient (Wildman–Crippen LogP) is 1.42. The van der Waals surface area contributed by atoms with Crippen molar-refractivity contribution >= 4 is 7.60 Å². The van der Waals surface area contributed by atoms with E-state index in [1.807, 2.05) is 14.0 Å². The smallest absolute Gasteiger partial charge is 0.312 e. The number of rotatable bonds is 6. The zero-order valence-corrected chi connectivity index (χ0v) is 9.13. The Kier molecular flexibility index (Phi) is 5.76. The molecule has 0 unspecified atom stereocenters. The van der Waals surface area contributed by atoms with Gasteiger partial charge in [0.05, 0.1) is 6.16 Å². The largest absolute Gasteiger partial charge is 0.331 e. The van der Waals surface area contributed by atoms with E-state index in [1.165, 1.54) is 14.2 Å². The quantitative estimate of drug-likeness (QED) is 0.601. The summed E-state index contributed by atoms with van der Waals surface area (Å²) in [5.41, 5.74) is 0. The van der Waals surface area contributed by atoms with Crippen LogP contribution in [0.2, 0.25) is 0 Å². The van der Waals surface area contributed by atoms with Gasteiger partial charge in [-0.2, -0.15) is 0 Å². The van der Waals surface area contributed by atoms with Crippen LogP contribution in [-0.2, 0) is 13.6 Å². The predicted molar refractivity (Wildman–Crippen MR) is 49.7 cm³/mol. The summed E-state index contributed by atoms with van der Waals surface area (Å²) in [6, 6.07) is 0. The highest BCUT2D eigenvalue weighted by Crippen LogP contribution is 2.45. The highest BCUT2D eigenvalue weighted by atomic mass is 31.2. The molecular formula is C7H18NO3P. The third-order valence-corrected chi connectivity index (χ3v) is 3.71. The average molecular weight is 195 g/mol. The van der Waals surface area contributed by atoms with E-state index in [4.69, 9.17) is 9.05 Å². The van der Waals surface area contributed by atoms with Crippen molar-refractivity contribution in [2.75, 3.05) is 40.5 Å². The van der Waals surface area contributed by atoms with Crippen LogP contribution in [0.15, 0.2) is 0 Å². The lowest BCUT2D eigenvalue weighted by Crippen LogP contribution is -2.21. The normalized spacial score (nSPS) is 12.4. The molecule has 0 saturated heterocycles. The van der Waals surface area contributed by atoms with Crippen LogP contribution in [0.1, 0.15) is 6.92 Å². The molecule has 0 rings (SSSR count). The topological polar surface area (TPSA) is 38.8 Å². The van der Waals surface area contributed by atoms with Gasteiger partial charge in [-0.25, -0.2) is 0 Å². The van der Waals surface area contributed by atoms with Crippen molar-refractivity contribution in [3.63, 3.8) is 0 Å². The lowest BCUT2D eigenvalue weighted by atomic mass is 10.6. The first-order valence-corrected chi connectivity index (χ1v) is 5.70. The van der Waals surface area contributed by atoms with Crippen LogP contribution in [-0.4, -0.2) is 45.4 Å². The van der Waals surface area contributed by atoms with Gasteiger partial charge < -0.3 is 13.9 Å². The summed E-state index contributed by atoms with van der Waals surface area (Å²) >= 11 is 0. The number of hydrogen-bond donors (Lipinski definition) is 0. The molecule has 0 bridgehead atoms. The van der Waals surface area contributed by atoms with Crippen LogP contribution in [0, 0.1) is 0 Å². The van der Waals surface area contributed by atoms with E-state index in [-0.39, 0.29) is 0 Å². The third-order valence-electron chi connectivity index (χ3n) is 1.85. The lowest BCUT2D eigenvalue weighted by molar-refractivity contribution is 0.267. The molecule has 0 N–H and O–H groups in total. The maximum Gasteiger partial charge on any atom is 0.331 e. The van der Waals surface area contributed by atoms with Crippen molar-refractivity contribution in [3.8, 4) is 0 Å². The van der Waals surface area contributed by atoms with Gasteiger partial charge in [0.15, 0.2) is 0 Å². The fourth-order valence-electron chi connectivity index (χ4n) is 0.708. The second-order valence-corrected chi connectivity index (χ2v) is 4.99. The monoisotopic (exact) mass is 195 g/mol. The fourth-order valence-corrected chi connectivity index (χ4v) is 1.81. The van der Waals surface area contributed by atoms with Gasteiger partial charge in [-0.3, -0.25) is 4.57 Å². The van der Waals surface area contributed by atoms with Gasteiger partial charge in [0.2, 0.25) is 0 Å². The summed E-state index contributed by atoms with van der Waals surface area (Å²) in [5.74, 6) is 0. The molecule has 0 radical (unpaired) electrons. The minimum Gasteiger partial charge on any atom is -0.312 e. The van der Waals surface area contributed by atoms with Crippen molar-refractivity contribution in [3.05, 3.63) is 0 Å². The van der Waals surface area contributed by atoms with Gasteiger partial charge in [-0.1, -0.05) is 6.92 Å². The van der Waals surface area contributed by atoms with Crippen LogP contribution < -0.4 is 0 Å². The Morgan fingerprint density at radius 1 is 1.33 bits per heavy atom. The molecule has 0 aromatic carbocycles. The maximum atomic E-state index is 11.5. The Morgan fingerprint density at radius 2 is 1.83 bits per heavy atom.